The topological polar surface area (TPSA) is 55.1 Å². The van der Waals surface area contributed by atoms with Crippen molar-refractivity contribution in [2.24, 2.45) is 0 Å². The maximum Gasteiger partial charge on any atom is 0.256 e. The number of aromatic nitrogens is 1. The van der Waals surface area contributed by atoms with Crippen LogP contribution in [0.3, 0.4) is 0 Å². The van der Waals surface area contributed by atoms with Gasteiger partial charge in [0, 0.05) is 11.6 Å². The van der Waals surface area contributed by atoms with Gasteiger partial charge in [-0.3, -0.25) is 4.79 Å². The Morgan fingerprint density at radius 1 is 1.17 bits per heavy atom. The molecule has 4 nitrogen and oxygen atoms in total. The van der Waals surface area contributed by atoms with Crippen molar-refractivity contribution in [2.75, 3.05) is 0 Å². The lowest BCUT2D eigenvalue weighted by Gasteiger charge is -2.05. The summed E-state index contributed by atoms with van der Waals surface area (Å²) in [6, 6.07) is 11.3. The van der Waals surface area contributed by atoms with E-state index in [4.69, 9.17) is 16.1 Å². The number of nitrogens with zero attached hydrogens (tertiary/aromatic N) is 1. The third-order valence-corrected chi connectivity index (χ3v) is 3.62. The maximum absolute atomic E-state index is 13.7. The average molecular weight is 349 g/mol. The number of benzene rings is 2. The smallest absolute Gasteiger partial charge is 0.256 e. The molecule has 1 heterocycles. The zero-order valence-electron chi connectivity index (χ0n) is 12.2. The summed E-state index contributed by atoms with van der Waals surface area (Å²) in [4.78, 5) is 12.0. The molecule has 0 fully saturated rings. The number of carbonyl (C=O) groups is 1. The van der Waals surface area contributed by atoms with Crippen LogP contribution in [0.5, 0.6) is 0 Å². The summed E-state index contributed by atoms with van der Waals surface area (Å²) in [5.41, 5.74) is 0.871. The van der Waals surface area contributed by atoms with Crippen LogP contribution in [-0.4, -0.2) is 11.1 Å². The molecule has 0 atom stereocenters. The summed E-state index contributed by atoms with van der Waals surface area (Å²) in [5.74, 6) is -1.27. The fourth-order valence-corrected chi connectivity index (χ4v) is 2.37. The standard InChI is InChI=1S/C17H11ClF2N2O2/c18-13-2-1-3-14(20)16(13)17(23)21-9-12-8-15(24-22-12)10-4-6-11(19)7-5-10/h1-8H,9H2,(H,21,23). The van der Waals surface area contributed by atoms with Gasteiger partial charge in [-0.2, -0.15) is 0 Å². The van der Waals surface area contributed by atoms with Crippen LogP contribution in [-0.2, 0) is 6.54 Å². The van der Waals surface area contributed by atoms with Crippen LogP contribution in [0.15, 0.2) is 53.1 Å². The maximum atomic E-state index is 13.7. The monoisotopic (exact) mass is 348 g/mol. The molecule has 0 radical (unpaired) electrons. The Balaban J connectivity index is 1.69. The van der Waals surface area contributed by atoms with Crippen LogP contribution in [0.1, 0.15) is 16.1 Å². The van der Waals surface area contributed by atoms with Gasteiger partial charge in [0.15, 0.2) is 5.76 Å². The molecule has 1 aromatic heterocycles. The highest BCUT2D eigenvalue weighted by Gasteiger charge is 2.16. The molecular weight excluding hydrogens is 338 g/mol. The zero-order valence-corrected chi connectivity index (χ0v) is 13.0. The Kier molecular flexibility index (Phi) is 4.57. The highest BCUT2D eigenvalue weighted by molar-refractivity contribution is 6.33. The van der Waals surface area contributed by atoms with E-state index in [9.17, 15) is 13.6 Å². The van der Waals surface area contributed by atoms with Crippen LogP contribution in [0.2, 0.25) is 5.02 Å². The van der Waals surface area contributed by atoms with Crippen molar-refractivity contribution < 1.29 is 18.1 Å². The van der Waals surface area contributed by atoms with Crippen molar-refractivity contribution >= 4 is 17.5 Å². The molecule has 1 amide bonds. The number of carbonyl (C=O) groups excluding carboxylic acids is 1. The zero-order chi connectivity index (χ0) is 17.1. The first kappa shape index (κ1) is 16.1. The summed E-state index contributed by atoms with van der Waals surface area (Å²) in [6.07, 6.45) is 0. The fourth-order valence-electron chi connectivity index (χ4n) is 2.12. The van der Waals surface area contributed by atoms with Crippen molar-refractivity contribution in [3.8, 4) is 11.3 Å². The predicted octanol–water partition coefficient (Wildman–Crippen LogP) is 4.20. The third-order valence-electron chi connectivity index (χ3n) is 3.31. The Bertz CT molecular complexity index is 858. The molecule has 0 bridgehead atoms. The van der Waals surface area contributed by atoms with E-state index < -0.39 is 11.7 Å². The summed E-state index contributed by atoms with van der Waals surface area (Å²) >= 11 is 5.84. The van der Waals surface area contributed by atoms with Gasteiger partial charge < -0.3 is 9.84 Å². The molecule has 0 unspecified atom stereocenters. The number of rotatable bonds is 4. The van der Waals surface area contributed by atoms with Gasteiger partial charge in [-0.15, -0.1) is 0 Å². The molecular formula is C17H11ClF2N2O2. The minimum absolute atomic E-state index is 0.0275. The van der Waals surface area contributed by atoms with Crippen molar-refractivity contribution in [3.05, 3.63) is 76.4 Å². The lowest BCUT2D eigenvalue weighted by Crippen LogP contribution is -2.24. The number of halogens is 3. The van der Waals surface area contributed by atoms with E-state index in [0.29, 0.717) is 17.0 Å². The van der Waals surface area contributed by atoms with E-state index in [1.54, 1.807) is 18.2 Å². The Labute approximate surface area is 141 Å². The normalized spacial score (nSPS) is 10.6. The van der Waals surface area contributed by atoms with Crippen LogP contribution < -0.4 is 5.32 Å². The number of hydrogen-bond acceptors (Lipinski definition) is 3. The van der Waals surface area contributed by atoms with Gasteiger partial charge in [0.05, 0.1) is 17.1 Å². The van der Waals surface area contributed by atoms with Gasteiger partial charge in [0.25, 0.3) is 5.91 Å². The SMILES string of the molecule is O=C(NCc1cc(-c2ccc(F)cc2)on1)c1c(F)cccc1Cl. The Hall–Kier alpha value is -2.73. The second kappa shape index (κ2) is 6.80. The van der Waals surface area contributed by atoms with Gasteiger partial charge in [-0.25, -0.2) is 8.78 Å². The second-order valence-electron chi connectivity index (χ2n) is 4.97. The molecule has 0 aliphatic heterocycles. The van der Waals surface area contributed by atoms with Gasteiger partial charge in [-0.1, -0.05) is 22.8 Å². The molecule has 1 N–H and O–H groups in total. The highest BCUT2D eigenvalue weighted by Crippen LogP contribution is 2.21. The molecule has 3 aromatic rings. The summed E-state index contributed by atoms with van der Waals surface area (Å²) in [6.45, 7) is 0.0359. The summed E-state index contributed by atoms with van der Waals surface area (Å²) in [5, 5.41) is 6.37. The van der Waals surface area contributed by atoms with Gasteiger partial charge >= 0.3 is 0 Å². The Morgan fingerprint density at radius 3 is 2.62 bits per heavy atom. The van der Waals surface area contributed by atoms with Gasteiger partial charge in [0.1, 0.15) is 17.3 Å². The van der Waals surface area contributed by atoms with Crippen LogP contribution >= 0.6 is 11.6 Å². The first-order valence-corrected chi connectivity index (χ1v) is 7.36. The van der Waals surface area contributed by atoms with Crippen LogP contribution in [0, 0.1) is 11.6 Å². The van der Waals surface area contributed by atoms with E-state index in [1.807, 2.05) is 0 Å². The average Bonchev–Trinajstić information content (AvgIpc) is 3.02. The first-order valence-electron chi connectivity index (χ1n) is 6.98. The van der Waals surface area contributed by atoms with Crippen molar-refractivity contribution in [2.45, 2.75) is 6.54 Å². The van der Waals surface area contributed by atoms with Crippen LogP contribution in [0.4, 0.5) is 8.78 Å². The number of nitrogens with one attached hydrogen (secondary N) is 1. The number of hydrogen-bond donors (Lipinski definition) is 1. The molecule has 2 aromatic carbocycles. The second-order valence-corrected chi connectivity index (χ2v) is 5.38. The highest BCUT2D eigenvalue weighted by atomic mass is 35.5. The predicted molar refractivity (Wildman–Crippen MR) is 84.5 cm³/mol. The van der Waals surface area contributed by atoms with Crippen molar-refractivity contribution in [1.29, 1.82) is 0 Å². The molecule has 3 rings (SSSR count). The minimum Gasteiger partial charge on any atom is -0.356 e. The summed E-state index contributed by atoms with van der Waals surface area (Å²) < 4.78 is 31.7. The quantitative estimate of drug-likeness (QED) is 0.768. The number of amides is 1. The lowest BCUT2D eigenvalue weighted by atomic mass is 10.1. The van der Waals surface area contributed by atoms with E-state index in [0.717, 1.165) is 6.07 Å². The van der Waals surface area contributed by atoms with Gasteiger partial charge in [0.2, 0.25) is 0 Å². The van der Waals surface area contributed by atoms with Crippen LogP contribution in [0.25, 0.3) is 11.3 Å². The molecule has 0 saturated carbocycles. The Morgan fingerprint density at radius 2 is 1.92 bits per heavy atom. The molecule has 7 heteroatoms. The molecule has 0 spiro atoms. The molecule has 24 heavy (non-hydrogen) atoms. The van der Waals surface area contributed by atoms with E-state index in [1.165, 1.54) is 24.3 Å². The van der Waals surface area contributed by atoms with E-state index in [2.05, 4.69) is 10.5 Å². The van der Waals surface area contributed by atoms with E-state index >= 15 is 0 Å². The first-order chi connectivity index (χ1) is 11.5. The lowest BCUT2D eigenvalue weighted by molar-refractivity contribution is 0.0946. The largest absolute Gasteiger partial charge is 0.356 e. The molecule has 122 valence electrons. The van der Waals surface area contributed by atoms with E-state index in [-0.39, 0.29) is 22.9 Å². The molecule has 0 saturated heterocycles. The molecule has 0 aliphatic rings. The van der Waals surface area contributed by atoms with Crippen molar-refractivity contribution in [3.63, 3.8) is 0 Å². The fraction of sp³-hybridized carbons (Fsp3) is 0.0588. The summed E-state index contributed by atoms with van der Waals surface area (Å²) in [7, 11) is 0. The van der Waals surface area contributed by atoms with Gasteiger partial charge in [-0.05, 0) is 36.4 Å². The third kappa shape index (κ3) is 3.44. The minimum atomic E-state index is -0.702. The molecule has 0 aliphatic carbocycles. The van der Waals surface area contributed by atoms with Crippen molar-refractivity contribution in [1.82, 2.24) is 10.5 Å².